The van der Waals surface area contributed by atoms with Crippen molar-refractivity contribution in [1.29, 1.82) is 0 Å². The van der Waals surface area contributed by atoms with E-state index in [2.05, 4.69) is 9.97 Å². The maximum Gasteiger partial charge on any atom is 0.238 e. The van der Waals surface area contributed by atoms with Crippen LogP contribution in [0.5, 0.6) is 11.5 Å². The number of aromatic nitrogens is 2. The molecule has 59 heavy (non-hydrogen) atoms. The molecule has 2 aliphatic heterocycles. The van der Waals surface area contributed by atoms with E-state index in [4.69, 9.17) is 13.6 Å². The van der Waals surface area contributed by atoms with E-state index in [0.717, 1.165) is 11.1 Å². The normalized spacial score (nSPS) is 23.8. The van der Waals surface area contributed by atoms with Crippen molar-refractivity contribution in [3.63, 3.8) is 0 Å². The zero-order chi connectivity index (χ0) is 40.1. The van der Waals surface area contributed by atoms with Crippen molar-refractivity contribution in [2.24, 2.45) is 29.6 Å². The van der Waals surface area contributed by atoms with Gasteiger partial charge in [0.2, 0.25) is 35.4 Å². The Bertz CT molecular complexity index is 2860. The van der Waals surface area contributed by atoms with Gasteiger partial charge in [-0.3, -0.25) is 29.0 Å². The van der Waals surface area contributed by atoms with E-state index in [1.807, 2.05) is 54.6 Å². The number of hydrogen-bond donors (Lipinski definition) is 1. The molecule has 12 heteroatoms. The van der Waals surface area contributed by atoms with Gasteiger partial charge in [0.1, 0.15) is 11.0 Å². The fourth-order valence-electron chi connectivity index (χ4n) is 9.90. The molecular formula is C47H34N4O8. The maximum atomic E-state index is 14.7. The third-order valence-electron chi connectivity index (χ3n) is 12.6. The van der Waals surface area contributed by atoms with E-state index in [9.17, 15) is 24.3 Å². The SMILES string of the molecule is COc1cccc(C2C3=CCC4C(=O)N(c5ccc(-c6nc7ccccc7o6)cc5)C(=O)C4C3CC3C(=O)N(c4ccc(-c5nc6ccccc6o5)cc4)C(=O)C32)c1O. The van der Waals surface area contributed by atoms with E-state index in [-0.39, 0.29) is 36.2 Å². The Balaban J connectivity index is 0.938. The highest BCUT2D eigenvalue weighted by atomic mass is 16.5. The van der Waals surface area contributed by atoms with Crippen LogP contribution in [0.3, 0.4) is 0 Å². The van der Waals surface area contributed by atoms with Crippen LogP contribution < -0.4 is 14.5 Å². The summed E-state index contributed by atoms with van der Waals surface area (Å²) in [5.41, 5.74) is 6.10. The number of allylic oxidation sites excluding steroid dienone is 2. The molecule has 2 aliphatic carbocycles. The number of anilines is 2. The predicted molar refractivity (Wildman–Crippen MR) is 216 cm³/mol. The molecule has 12 nitrogen and oxygen atoms in total. The number of aromatic hydroxyl groups is 1. The number of carbonyl (C=O) groups excluding carboxylic acids is 4. The lowest BCUT2D eigenvalue weighted by molar-refractivity contribution is -0.126. The molecule has 0 radical (unpaired) electrons. The van der Waals surface area contributed by atoms with Crippen LogP contribution in [0.15, 0.2) is 136 Å². The molecule has 7 aromatic rings. The topological polar surface area (TPSA) is 156 Å². The number of fused-ring (bicyclic) bond motifs is 6. The van der Waals surface area contributed by atoms with Crippen LogP contribution in [-0.4, -0.2) is 45.8 Å². The number of rotatable bonds is 6. The van der Waals surface area contributed by atoms with Gasteiger partial charge in [0.05, 0.1) is 42.2 Å². The van der Waals surface area contributed by atoms with Gasteiger partial charge in [-0.2, -0.15) is 0 Å². The Labute approximate surface area is 336 Å². The zero-order valence-electron chi connectivity index (χ0n) is 31.5. The minimum Gasteiger partial charge on any atom is -0.504 e. The van der Waals surface area contributed by atoms with E-state index in [0.29, 0.717) is 56.5 Å². The highest BCUT2D eigenvalue weighted by molar-refractivity contribution is 6.24. The summed E-state index contributed by atoms with van der Waals surface area (Å²) in [6.45, 7) is 0. The quantitative estimate of drug-likeness (QED) is 0.129. The first-order valence-electron chi connectivity index (χ1n) is 19.5. The lowest BCUT2D eigenvalue weighted by Gasteiger charge is -2.44. The Hall–Kier alpha value is -7.34. The summed E-state index contributed by atoms with van der Waals surface area (Å²) in [5.74, 6) is -5.02. The largest absolute Gasteiger partial charge is 0.504 e. The summed E-state index contributed by atoms with van der Waals surface area (Å²) in [6.07, 6.45) is 2.40. The van der Waals surface area contributed by atoms with Crippen LogP contribution in [0.25, 0.3) is 45.1 Å². The number of carbonyl (C=O) groups is 4. The van der Waals surface area contributed by atoms with Crippen molar-refractivity contribution in [3.05, 3.63) is 132 Å². The Morgan fingerprint density at radius 2 is 1.15 bits per heavy atom. The van der Waals surface area contributed by atoms with E-state index in [1.165, 1.54) is 16.9 Å². The second kappa shape index (κ2) is 13.1. The number of amides is 4. The predicted octanol–water partition coefficient (Wildman–Crippen LogP) is 8.06. The lowest BCUT2D eigenvalue weighted by atomic mass is 9.57. The first kappa shape index (κ1) is 34.9. The molecule has 2 saturated heterocycles. The average molecular weight is 783 g/mol. The Kier molecular flexibility index (Phi) is 7.74. The summed E-state index contributed by atoms with van der Waals surface area (Å²) in [5, 5.41) is 11.6. The Morgan fingerprint density at radius 1 is 0.610 bits per heavy atom. The number of phenolic OH excluding ortho intramolecular Hbond substituents is 1. The van der Waals surface area contributed by atoms with Gasteiger partial charge in [-0.1, -0.05) is 48.0 Å². The summed E-state index contributed by atoms with van der Waals surface area (Å²) < 4.78 is 17.4. The molecule has 4 aliphatic rings. The van der Waals surface area contributed by atoms with Crippen LogP contribution in [0, 0.1) is 29.6 Å². The molecular weight excluding hydrogens is 749 g/mol. The van der Waals surface area contributed by atoms with Crippen LogP contribution in [0.2, 0.25) is 0 Å². The summed E-state index contributed by atoms with van der Waals surface area (Å²) in [4.78, 5) is 69.7. The lowest BCUT2D eigenvalue weighted by Crippen LogP contribution is -2.43. The molecule has 6 atom stereocenters. The summed E-state index contributed by atoms with van der Waals surface area (Å²) in [7, 11) is 1.45. The zero-order valence-corrected chi connectivity index (χ0v) is 31.5. The second-order valence-electron chi connectivity index (χ2n) is 15.5. The minimum absolute atomic E-state index is 0.140. The van der Waals surface area contributed by atoms with Crippen LogP contribution in [0.4, 0.5) is 11.4 Å². The van der Waals surface area contributed by atoms with Crippen molar-refractivity contribution in [3.8, 4) is 34.4 Å². The third kappa shape index (κ3) is 5.22. The smallest absolute Gasteiger partial charge is 0.238 e. The summed E-state index contributed by atoms with van der Waals surface area (Å²) in [6, 6.07) is 33.9. The molecule has 1 N–H and O–H groups in total. The molecule has 5 aromatic carbocycles. The van der Waals surface area contributed by atoms with Gasteiger partial charge in [0, 0.05) is 22.6 Å². The molecule has 0 spiro atoms. The van der Waals surface area contributed by atoms with Gasteiger partial charge in [-0.05, 0) is 97.6 Å². The van der Waals surface area contributed by atoms with E-state index >= 15 is 0 Å². The van der Waals surface area contributed by atoms with Gasteiger partial charge in [-0.25, -0.2) is 9.97 Å². The number of phenols is 1. The molecule has 2 aromatic heterocycles. The number of nitrogens with zero attached hydrogens (tertiary/aromatic N) is 4. The second-order valence-corrected chi connectivity index (χ2v) is 15.5. The molecule has 0 bridgehead atoms. The molecule has 6 unspecified atom stereocenters. The average Bonchev–Trinajstić information content (AvgIpc) is 4.02. The molecule has 4 amide bonds. The Morgan fingerprint density at radius 3 is 1.71 bits per heavy atom. The molecule has 11 rings (SSSR count). The first-order chi connectivity index (χ1) is 28.8. The number of hydrogen-bond acceptors (Lipinski definition) is 10. The van der Waals surface area contributed by atoms with Gasteiger partial charge in [-0.15, -0.1) is 0 Å². The van der Waals surface area contributed by atoms with Gasteiger partial charge >= 0.3 is 0 Å². The molecule has 290 valence electrons. The number of methoxy groups -OCH3 is 1. The monoisotopic (exact) mass is 782 g/mol. The van der Waals surface area contributed by atoms with Gasteiger partial charge < -0.3 is 18.7 Å². The number of oxazole rings is 2. The van der Waals surface area contributed by atoms with Gasteiger partial charge in [0.15, 0.2) is 22.7 Å². The standard InChI is InChI=1S/C47H34N4O8/c1-57-37-12-6-7-29(41(37)52)38-28-21-22-30-39(46(55)50(44(30)53)26-17-13-24(14-18-26)42-48-33-8-2-4-10-35(33)58-42)31(28)23-32-40(38)47(56)51(45(32)54)27-19-15-25(16-20-27)43-49-34-9-3-5-11-36(34)59-43/h2-21,30-32,38-40,52H,22-23H2,1H3. The van der Waals surface area contributed by atoms with Crippen molar-refractivity contribution in [2.75, 3.05) is 16.9 Å². The number of ether oxygens (including phenoxy) is 1. The van der Waals surface area contributed by atoms with Crippen molar-refractivity contribution >= 4 is 57.2 Å². The fourth-order valence-corrected chi connectivity index (χ4v) is 9.90. The minimum atomic E-state index is -0.876. The summed E-state index contributed by atoms with van der Waals surface area (Å²) >= 11 is 0. The maximum absolute atomic E-state index is 14.7. The van der Waals surface area contributed by atoms with Crippen LogP contribution in [0.1, 0.15) is 24.3 Å². The molecule has 1 saturated carbocycles. The van der Waals surface area contributed by atoms with Crippen molar-refractivity contribution < 1.29 is 37.9 Å². The number of imide groups is 2. The highest BCUT2D eigenvalue weighted by Gasteiger charge is 2.62. The van der Waals surface area contributed by atoms with Crippen LogP contribution >= 0.6 is 0 Å². The van der Waals surface area contributed by atoms with Crippen molar-refractivity contribution in [2.45, 2.75) is 18.8 Å². The van der Waals surface area contributed by atoms with E-state index in [1.54, 1.807) is 66.7 Å². The third-order valence-corrected chi connectivity index (χ3v) is 12.6. The van der Waals surface area contributed by atoms with Crippen LogP contribution in [-0.2, 0) is 19.2 Å². The molecule has 3 fully saturated rings. The van der Waals surface area contributed by atoms with Crippen molar-refractivity contribution in [1.82, 2.24) is 9.97 Å². The number of para-hydroxylation sites is 5. The number of benzene rings is 5. The fraction of sp³-hybridized carbons (Fsp3) is 0.191. The highest BCUT2D eigenvalue weighted by Crippen LogP contribution is 2.60. The first-order valence-corrected chi connectivity index (χ1v) is 19.5. The van der Waals surface area contributed by atoms with Gasteiger partial charge in [0.25, 0.3) is 0 Å². The van der Waals surface area contributed by atoms with E-state index < -0.39 is 47.3 Å². The molecule has 4 heterocycles.